The van der Waals surface area contributed by atoms with Crippen LogP contribution in [0.4, 0.5) is 0 Å². The van der Waals surface area contributed by atoms with Gasteiger partial charge in [-0.3, -0.25) is 0 Å². The zero-order valence-electron chi connectivity index (χ0n) is 10.5. The van der Waals surface area contributed by atoms with Crippen molar-refractivity contribution in [2.45, 2.75) is 19.9 Å². The average molecular weight is 239 g/mol. The molecule has 2 N–H and O–H groups in total. The van der Waals surface area contributed by atoms with E-state index in [9.17, 15) is 5.11 Å². The van der Waals surface area contributed by atoms with Crippen LogP contribution in [0, 0.1) is 0 Å². The van der Waals surface area contributed by atoms with Gasteiger partial charge in [0, 0.05) is 25.8 Å². The first-order chi connectivity index (χ1) is 8.29. The van der Waals surface area contributed by atoms with Crippen LogP contribution in [0.5, 0.6) is 11.5 Å². The molecule has 0 aliphatic carbocycles. The smallest absolute Gasteiger partial charge is 0.162 e. The fourth-order valence-electron chi connectivity index (χ4n) is 1.55. The number of para-hydroxylation sites is 1. The Kier molecular flexibility index (Phi) is 6.43. The third kappa shape index (κ3) is 4.63. The van der Waals surface area contributed by atoms with Gasteiger partial charge in [0.05, 0.1) is 6.61 Å². The van der Waals surface area contributed by atoms with E-state index in [1.807, 2.05) is 19.1 Å². The molecule has 0 aliphatic rings. The fraction of sp³-hybridized carbons (Fsp3) is 0.538. The van der Waals surface area contributed by atoms with Crippen molar-refractivity contribution in [1.82, 2.24) is 5.32 Å². The predicted octanol–water partition coefficient (Wildman–Crippen LogP) is 1.92. The van der Waals surface area contributed by atoms with Crippen molar-refractivity contribution in [1.29, 1.82) is 0 Å². The zero-order chi connectivity index (χ0) is 12.5. The molecule has 1 rings (SSSR count). The Morgan fingerprint density at radius 1 is 1.35 bits per heavy atom. The maximum absolute atomic E-state index is 9.93. The molecule has 0 amide bonds. The molecule has 0 aliphatic heterocycles. The summed E-state index contributed by atoms with van der Waals surface area (Å²) in [5.41, 5.74) is 0.855. The minimum absolute atomic E-state index is 0.230. The van der Waals surface area contributed by atoms with E-state index in [-0.39, 0.29) is 5.75 Å². The molecule has 0 fully saturated rings. The number of phenols is 1. The third-order valence-corrected chi connectivity index (χ3v) is 2.40. The number of phenolic OH excluding ortho intramolecular Hbond substituents is 1. The Balaban J connectivity index is 2.44. The Morgan fingerprint density at radius 2 is 2.18 bits per heavy atom. The molecule has 0 saturated heterocycles. The van der Waals surface area contributed by atoms with Crippen LogP contribution >= 0.6 is 0 Å². The summed E-state index contributed by atoms with van der Waals surface area (Å²) in [6.45, 7) is 4.70. The van der Waals surface area contributed by atoms with Crippen molar-refractivity contribution < 1.29 is 14.6 Å². The molecule has 1 aromatic rings. The summed E-state index contributed by atoms with van der Waals surface area (Å²) in [5, 5.41) is 13.2. The lowest BCUT2D eigenvalue weighted by Crippen LogP contribution is -2.16. The lowest BCUT2D eigenvalue weighted by molar-refractivity contribution is 0.194. The summed E-state index contributed by atoms with van der Waals surface area (Å²) >= 11 is 0. The van der Waals surface area contributed by atoms with Crippen molar-refractivity contribution >= 4 is 0 Å². The van der Waals surface area contributed by atoms with Gasteiger partial charge in [0.15, 0.2) is 11.5 Å². The van der Waals surface area contributed by atoms with Gasteiger partial charge >= 0.3 is 0 Å². The van der Waals surface area contributed by atoms with Crippen molar-refractivity contribution in [3.8, 4) is 11.5 Å². The van der Waals surface area contributed by atoms with Gasteiger partial charge in [-0.25, -0.2) is 0 Å². The van der Waals surface area contributed by atoms with Crippen molar-refractivity contribution in [3.05, 3.63) is 23.8 Å². The molecule has 0 aromatic heterocycles. The molecule has 1 aromatic carbocycles. The van der Waals surface area contributed by atoms with Crippen LogP contribution in [0.2, 0.25) is 0 Å². The second kappa shape index (κ2) is 7.92. The van der Waals surface area contributed by atoms with E-state index in [4.69, 9.17) is 9.47 Å². The summed E-state index contributed by atoms with van der Waals surface area (Å²) in [5.74, 6) is 0.775. The minimum atomic E-state index is 0.230. The van der Waals surface area contributed by atoms with Crippen LogP contribution in [-0.4, -0.2) is 32.0 Å². The van der Waals surface area contributed by atoms with Crippen LogP contribution in [0.25, 0.3) is 0 Å². The maximum Gasteiger partial charge on any atom is 0.162 e. The molecular formula is C13H21NO3. The molecule has 0 radical (unpaired) electrons. The molecule has 0 atom stereocenters. The summed E-state index contributed by atoms with van der Waals surface area (Å²) < 4.78 is 10.3. The van der Waals surface area contributed by atoms with E-state index < -0.39 is 0 Å². The normalized spacial score (nSPS) is 10.5. The second-order valence-electron chi connectivity index (χ2n) is 3.72. The first-order valence-corrected chi connectivity index (χ1v) is 5.93. The number of aromatic hydroxyl groups is 1. The number of nitrogens with one attached hydrogen (secondary N) is 1. The van der Waals surface area contributed by atoms with Crippen LogP contribution in [0.1, 0.15) is 18.9 Å². The SMILES string of the molecule is CCOc1cccc(CNCCCOC)c1O. The molecule has 0 saturated carbocycles. The Labute approximate surface area is 103 Å². The number of methoxy groups -OCH3 is 1. The fourth-order valence-corrected chi connectivity index (χ4v) is 1.55. The van der Waals surface area contributed by atoms with Crippen LogP contribution in [0.3, 0.4) is 0 Å². The van der Waals surface area contributed by atoms with Crippen molar-refractivity contribution in [2.24, 2.45) is 0 Å². The quantitative estimate of drug-likeness (QED) is 0.680. The Morgan fingerprint density at radius 3 is 2.88 bits per heavy atom. The molecule has 0 spiro atoms. The molecule has 96 valence electrons. The van der Waals surface area contributed by atoms with Gasteiger partial charge in [-0.15, -0.1) is 0 Å². The van der Waals surface area contributed by atoms with Crippen LogP contribution < -0.4 is 10.1 Å². The first kappa shape index (κ1) is 13.8. The Bertz CT molecular complexity index is 328. The largest absolute Gasteiger partial charge is 0.504 e. The summed E-state index contributed by atoms with van der Waals surface area (Å²) in [6.07, 6.45) is 0.961. The van der Waals surface area contributed by atoms with E-state index >= 15 is 0 Å². The molecule has 0 unspecified atom stereocenters. The van der Waals surface area contributed by atoms with Crippen LogP contribution in [0.15, 0.2) is 18.2 Å². The summed E-state index contributed by atoms with van der Waals surface area (Å²) in [6, 6.07) is 5.55. The number of hydrogen-bond acceptors (Lipinski definition) is 4. The van der Waals surface area contributed by atoms with Gasteiger partial charge in [-0.05, 0) is 26.0 Å². The van der Waals surface area contributed by atoms with Gasteiger partial charge in [-0.1, -0.05) is 12.1 Å². The van der Waals surface area contributed by atoms with Gasteiger partial charge in [0.1, 0.15) is 0 Å². The van der Waals surface area contributed by atoms with E-state index in [0.29, 0.717) is 18.9 Å². The third-order valence-electron chi connectivity index (χ3n) is 2.40. The highest BCUT2D eigenvalue weighted by molar-refractivity contribution is 5.45. The van der Waals surface area contributed by atoms with E-state index in [1.54, 1.807) is 13.2 Å². The monoisotopic (exact) mass is 239 g/mol. The van der Waals surface area contributed by atoms with E-state index in [1.165, 1.54) is 0 Å². The number of ether oxygens (including phenoxy) is 2. The molecule has 0 bridgehead atoms. The molecule has 4 nitrogen and oxygen atoms in total. The van der Waals surface area contributed by atoms with Crippen molar-refractivity contribution in [2.75, 3.05) is 26.9 Å². The minimum Gasteiger partial charge on any atom is -0.504 e. The lowest BCUT2D eigenvalue weighted by Gasteiger charge is -2.10. The Hall–Kier alpha value is -1.26. The number of benzene rings is 1. The highest BCUT2D eigenvalue weighted by Crippen LogP contribution is 2.29. The molecule has 4 heteroatoms. The number of rotatable bonds is 8. The first-order valence-electron chi connectivity index (χ1n) is 5.93. The highest BCUT2D eigenvalue weighted by atomic mass is 16.5. The maximum atomic E-state index is 9.93. The van der Waals surface area contributed by atoms with E-state index in [0.717, 1.165) is 25.1 Å². The van der Waals surface area contributed by atoms with Gasteiger partial charge in [-0.2, -0.15) is 0 Å². The van der Waals surface area contributed by atoms with Crippen LogP contribution in [-0.2, 0) is 11.3 Å². The zero-order valence-corrected chi connectivity index (χ0v) is 10.5. The second-order valence-corrected chi connectivity index (χ2v) is 3.72. The summed E-state index contributed by atoms with van der Waals surface area (Å²) in [7, 11) is 1.69. The topological polar surface area (TPSA) is 50.7 Å². The van der Waals surface area contributed by atoms with E-state index in [2.05, 4.69) is 5.32 Å². The lowest BCUT2D eigenvalue weighted by atomic mass is 10.2. The van der Waals surface area contributed by atoms with Gasteiger partial charge in [0.2, 0.25) is 0 Å². The molecular weight excluding hydrogens is 218 g/mol. The van der Waals surface area contributed by atoms with Gasteiger partial charge in [0.25, 0.3) is 0 Å². The standard InChI is InChI=1S/C13H21NO3/c1-3-17-12-7-4-6-11(13(12)15)10-14-8-5-9-16-2/h4,6-7,14-15H,3,5,8-10H2,1-2H3. The predicted molar refractivity (Wildman–Crippen MR) is 67.5 cm³/mol. The van der Waals surface area contributed by atoms with Crippen molar-refractivity contribution in [3.63, 3.8) is 0 Å². The summed E-state index contributed by atoms with van der Waals surface area (Å²) in [4.78, 5) is 0. The molecule has 17 heavy (non-hydrogen) atoms. The average Bonchev–Trinajstić information content (AvgIpc) is 2.33. The molecule has 0 heterocycles. The number of hydrogen-bond donors (Lipinski definition) is 2. The van der Waals surface area contributed by atoms with Gasteiger partial charge < -0.3 is 19.9 Å². The highest BCUT2D eigenvalue weighted by Gasteiger charge is 2.06.